The molecule has 0 aromatic heterocycles. The Kier molecular flexibility index (Phi) is 8.37. The Labute approximate surface area is 240 Å². The van der Waals surface area contributed by atoms with Crippen molar-refractivity contribution in [3.05, 3.63) is 114 Å². The van der Waals surface area contributed by atoms with E-state index in [-0.39, 0.29) is 10.8 Å². The first-order chi connectivity index (χ1) is 19.8. The molecular weight excluding hydrogens is 536 g/mol. The maximum Gasteiger partial charge on any atom is 0.261 e. The molecule has 0 spiro atoms. The van der Waals surface area contributed by atoms with E-state index in [2.05, 4.69) is 20.3 Å². The minimum atomic E-state index is -3.89. The summed E-state index contributed by atoms with van der Waals surface area (Å²) in [4.78, 5) is 15.5. The van der Waals surface area contributed by atoms with Gasteiger partial charge in [0.2, 0.25) is 0 Å². The molecule has 0 saturated carbocycles. The largest absolute Gasteiger partial charge is 0.494 e. The number of carbonyl (C=O) groups excluding carboxylic acids is 1. The number of rotatable bonds is 11. The number of amides is 1. The van der Waals surface area contributed by atoms with Crippen LogP contribution < -0.4 is 20.1 Å². The molecule has 3 N–H and O–H groups in total. The third-order valence-electron chi connectivity index (χ3n) is 6.53. The van der Waals surface area contributed by atoms with Crippen LogP contribution in [0.1, 0.15) is 17.5 Å². The van der Waals surface area contributed by atoms with Crippen LogP contribution in [-0.4, -0.2) is 46.5 Å². The smallest absolute Gasteiger partial charge is 0.261 e. The second kappa shape index (κ2) is 12.3. The zero-order valence-corrected chi connectivity index (χ0v) is 23.7. The van der Waals surface area contributed by atoms with Crippen molar-refractivity contribution in [3.63, 3.8) is 0 Å². The van der Waals surface area contributed by atoms with E-state index in [1.165, 1.54) is 12.1 Å². The summed E-state index contributed by atoms with van der Waals surface area (Å²) in [5.74, 6) is 0.436. The molecule has 0 aliphatic carbocycles. The van der Waals surface area contributed by atoms with Gasteiger partial charge in [0.15, 0.2) is 0 Å². The Bertz CT molecular complexity index is 1650. The first-order valence-corrected chi connectivity index (χ1v) is 14.8. The molecule has 41 heavy (non-hydrogen) atoms. The van der Waals surface area contributed by atoms with Crippen LogP contribution in [0.4, 0.5) is 17.1 Å². The molecule has 4 aromatic rings. The van der Waals surface area contributed by atoms with Crippen LogP contribution in [-0.2, 0) is 14.8 Å². The van der Waals surface area contributed by atoms with Crippen LogP contribution >= 0.6 is 0 Å². The van der Waals surface area contributed by atoms with Crippen molar-refractivity contribution in [1.29, 1.82) is 0 Å². The molecule has 0 saturated heterocycles. The molecular formula is C32H32N4O4S. The molecule has 5 rings (SSSR count). The van der Waals surface area contributed by atoms with Gasteiger partial charge in [-0.2, -0.15) is 0 Å². The van der Waals surface area contributed by atoms with Gasteiger partial charge in [0.25, 0.3) is 15.9 Å². The molecule has 1 aliphatic heterocycles. The zero-order valence-electron chi connectivity index (χ0n) is 22.9. The highest BCUT2D eigenvalue weighted by atomic mass is 32.2. The highest BCUT2D eigenvalue weighted by molar-refractivity contribution is 7.92. The van der Waals surface area contributed by atoms with Crippen molar-refractivity contribution in [2.75, 3.05) is 42.6 Å². The maximum atomic E-state index is 13.3. The summed E-state index contributed by atoms with van der Waals surface area (Å²) in [6.45, 7) is 1.56. The zero-order chi connectivity index (χ0) is 28.8. The Balaban J connectivity index is 1.48. The van der Waals surface area contributed by atoms with E-state index in [9.17, 15) is 13.2 Å². The number of para-hydroxylation sites is 1. The van der Waals surface area contributed by atoms with Crippen LogP contribution in [0.3, 0.4) is 0 Å². The van der Waals surface area contributed by atoms with E-state index in [0.717, 1.165) is 30.0 Å². The van der Waals surface area contributed by atoms with Gasteiger partial charge in [0, 0.05) is 29.2 Å². The fraction of sp³-hybridized carbons (Fsp3) is 0.156. The fourth-order valence-corrected chi connectivity index (χ4v) is 5.60. The summed E-state index contributed by atoms with van der Waals surface area (Å²) in [6.07, 6.45) is 0.921. The second-order valence-corrected chi connectivity index (χ2v) is 11.6. The lowest BCUT2D eigenvalue weighted by molar-refractivity contribution is -0.110. The second-order valence-electron chi connectivity index (χ2n) is 9.90. The van der Waals surface area contributed by atoms with Gasteiger partial charge in [-0.05, 0) is 80.7 Å². The highest BCUT2D eigenvalue weighted by Gasteiger charge is 2.30. The summed E-state index contributed by atoms with van der Waals surface area (Å²) in [5.41, 5.74) is 3.95. The number of benzene rings is 4. The Morgan fingerprint density at radius 1 is 0.854 bits per heavy atom. The van der Waals surface area contributed by atoms with Crippen LogP contribution in [0, 0.1) is 0 Å². The van der Waals surface area contributed by atoms with Crippen molar-refractivity contribution in [2.24, 2.45) is 0 Å². The Morgan fingerprint density at radius 3 is 2.22 bits per heavy atom. The average molecular weight is 569 g/mol. The van der Waals surface area contributed by atoms with Crippen LogP contribution in [0.2, 0.25) is 0 Å². The van der Waals surface area contributed by atoms with E-state index in [1.54, 1.807) is 30.3 Å². The van der Waals surface area contributed by atoms with E-state index in [0.29, 0.717) is 34.8 Å². The standard InChI is InChI=1S/C32H32N4O4S/c1-36(2)20-9-21-40-26-16-14-24(15-17-26)33-31(23-10-5-3-6-11-23)30-28-22-27(18-19-29(28)34-32(30)37)41(38,39)35-25-12-7-4-8-13-25/h3-8,10-19,22,33,35H,9,20-21H2,1-2H3,(H,34,37). The van der Waals surface area contributed by atoms with Gasteiger partial charge in [0.1, 0.15) is 5.75 Å². The minimum Gasteiger partial charge on any atom is -0.494 e. The number of sulfonamides is 1. The molecule has 0 radical (unpaired) electrons. The summed E-state index contributed by atoms with van der Waals surface area (Å²) in [7, 11) is 0.170. The monoisotopic (exact) mass is 568 g/mol. The van der Waals surface area contributed by atoms with Crippen molar-refractivity contribution in [3.8, 4) is 5.75 Å². The van der Waals surface area contributed by atoms with Gasteiger partial charge >= 0.3 is 0 Å². The van der Waals surface area contributed by atoms with E-state index in [1.807, 2.05) is 74.8 Å². The minimum absolute atomic E-state index is 0.0530. The molecule has 1 aliphatic rings. The summed E-state index contributed by atoms with van der Waals surface area (Å²) in [5, 5.41) is 6.29. The molecule has 0 unspecified atom stereocenters. The van der Waals surface area contributed by atoms with Gasteiger partial charge < -0.3 is 20.3 Å². The predicted molar refractivity (Wildman–Crippen MR) is 164 cm³/mol. The van der Waals surface area contributed by atoms with E-state index >= 15 is 0 Å². The Morgan fingerprint density at radius 2 is 1.54 bits per heavy atom. The molecule has 0 fully saturated rings. The lowest BCUT2D eigenvalue weighted by atomic mass is 10.00. The molecule has 1 amide bonds. The molecule has 210 valence electrons. The fourth-order valence-electron chi connectivity index (χ4n) is 4.52. The maximum absolute atomic E-state index is 13.3. The number of fused-ring (bicyclic) bond motifs is 1. The van der Waals surface area contributed by atoms with Crippen LogP contribution in [0.25, 0.3) is 11.3 Å². The molecule has 8 nitrogen and oxygen atoms in total. The number of nitrogens with zero attached hydrogens (tertiary/aromatic N) is 1. The topological polar surface area (TPSA) is 99.8 Å². The van der Waals surface area contributed by atoms with Crippen molar-refractivity contribution in [1.82, 2.24) is 4.90 Å². The highest BCUT2D eigenvalue weighted by Crippen LogP contribution is 2.39. The molecule has 0 atom stereocenters. The first-order valence-electron chi connectivity index (χ1n) is 13.3. The van der Waals surface area contributed by atoms with Crippen molar-refractivity contribution in [2.45, 2.75) is 11.3 Å². The van der Waals surface area contributed by atoms with Crippen molar-refractivity contribution < 1.29 is 17.9 Å². The van der Waals surface area contributed by atoms with Crippen LogP contribution in [0.5, 0.6) is 5.75 Å². The van der Waals surface area contributed by atoms with E-state index < -0.39 is 10.0 Å². The lowest BCUT2D eigenvalue weighted by Gasteiger charge is -2.16. The SMILES string of the molecule is CN(C)CCCOc1ccc(NC(=C2C(=O)Nc3ccc(S(=O)(=O)Nc4ccccc4)cc32)c2ccccc2)cc1. The summed E-state index contributed by atoms with van der Waals surface area (Å²) < 4.78 is 34.9. The average Bonchev–Trinajstić information content (AvgIpc) is 3.30. The third kappa shape index (κ3) is 6.77. The predicted octanol–water partition coefficient (Wildman–Crippen LogP) is 5.75. The van der Waals surface area contributed by atoms with Gasteiger partial charge in [-0.25, -0.2) is 8.42 Å². The number of anilines is 3. The molecule has 9 heteroatoms. The summed E-state index contributed by atoms with van der Waals surface area (Å²) >= 11 is 0. The number of hydrogen-bond acceptors (Lipinski definition) is 6. The van der Waals surface area contributed by atoms with E-state index in [4.69, 9.17) is 4.74 Å². The van der Waals surface area contributed by atoms with Gasteiger partial charge in [-0.1, -0.05) is 48.5 Å². The quantitative estimate of drug-likeness (QED) is 0.157. The first kappa shape index (κ1) is 27.9. The van der Waals surface area contributed by atoms with Crippen molar-refractivity contribution >= 4 is 44.3 Å². The molecule has 1 heterocycles. The lowest BCUT2D eigenvalue weighted by Crippen LogP contribution is -2.15. The molecule has 4 aromatic carbocycles. The number of ether oxygens (including phenoxy) is 1. The number of nitrogens with one attached hydrogen (secondary N) is 3. The normalized spacial score (nSPS) is 13.9. The van der Waals surface area contributed by atoms with Gasteiger partial charge in [0.05, 0.1) is 22.8 Å². The molecule has 0 bridgehead atoms. The number of carbonyl (C=O) groups is 1. The van der Waals surface area contributed by atoms with Gasteiger partial charge in [-0.3, -0.25) is 9.52 Å². The Hall–Kier alpha value is -4.60. The van der Waals surface area contributed by atoms with Crippen LogP contribution in [0.15, 0.2) is 108 Å². The van der Waals surface area contributed by atoms with Gasteiger partial charge in [-0.15, -0.1) is 0 Å². The summed E-state index contributed by atoms with van der Waals surface area (Å²) in [6, 6.07) is 30.4. The number of hydrogen-bond donors (Lipinski definition) is 3. The third-order valence-corrected chi connectivity index (χ3v) is 7.91.